The Hall–Kier alpha value is -2.23. The lowest BCUT2D eigenvalue weighted by molar-refractivity contribution is -0.137. The number of ether oxygens (including phenoxy) is 1. The van der Waals surface area contributed by atoms with E-state index in [9.17, 15) is 22.8 Å². The van der Waals surface area contributed by atoms with Crippen LogP contribution >= 0.6 is 11.6 Å². The molecule has 0 bridgehead atoms. The maximum absolute atomic E-state index is 12.8. The molecular formula is C17H22ClF3N4O3. The average Bonchev–Trinajstić information content (AvgIpc) is 2.87. The van der Waals surface area contributed by atoms with Crippen LogP contribution in [0.4, 0.5) is 23.8 Å². The van der Waals surface area contributed by atoms with Crippen LogP contribution < -0.4 is 4.90 Å². The molecule has 0 radical (unpaired) electrons. The van der Waals surface area contributed by atoms with Crippen molar-refractivity contribution in [3.8, 4) is 0 Å². The summed E-state index contributed by atoms with van der Waals surface area (Å²) >= 11 is 6.01. The number of aromatic nitrogens is 1. The molecule has 0 aromatic carbocycles. The van der Waals surface area contributed by atoms with Gasteiger partial charge in [0.15, 0.2) is 0 Å². The molecule has 0 unspecified atom stereocenters. The van der Waals surface area contributed by atoms with E-state index in [0.29, 0.717) is 32.6 Å². The summed E-state index contributed by atoms with van der Waals surface area (Å²) in [4.78, 5) is 32.5. The lowest BCUT2D eigenvalue weighted by Gasteiger charge is -2.25. The molecule has 0 atom stereocenters. The standard InChI is InChI=1S/C17H22ClF3N4O3/c1-3-28-16(27)23(2)11-14(26)24-5-4-6-25(8-7-24)15-13(18)9-12(10-22-15)17(19,20)21/h9-10H,3-8,11H2,1-2H3. The smallest absolute Gasteiger partial charge is 0.417 e. The van der Waals surface area contributed by atoms with Gasteiger partial charge in [0, 0.05) is 39.4 Å². The summed E-state index contributed by atoms with van der Waals surface area (Å²) in [6.45, 7) is 3.45. The Kier molecular flexibility index (Phi) is 7.34. The Bertz CT molecular complexity index is 717. The summed E-state index contributed by atoms with van der Waals surface area (Å²) in [7, 11) is 1.48. The number of rotatable bonds is 4. The first kappa shape index (κ1) is 22.1. The predicted molar refractivity (Wildman–Crippen MR) is 97.3 cm³/mol. The molecule has 1 fully saturated rings. The second-order valence-electron chi connectivity index (χ2n) is 6.30. The lowest BCUT2D eigenvalue weighted by Crippen LogP contribution is -2.43. The van der Waals surface area contributed by atoms with Crippen molar-refractivity contribution in [1.29, 1.82) is 0 Å². The van der Waals surface area contributed by atoms with Crippen molar-refractivity contribution in [3.05, 3.63) is 22.8 Å². The highest BCUT2D eigenvalue weighted by molar-refractivity contribution is 6.33. The molecule has 0 saturated carbocycles. The fourth-order valence-corrected chi connectivity index (χ4v) is 3.08. The van der Waals surface area contributed by atoms with Gasteiger partial charge in [0.05, 0.1) is 17.2 Å². The number of alkyl halides is 3. The molecule has 1 aliphatic heterocycles. The van der Waals surface area contributed by atoms with Gasteiger partial charge in [0.1, 0.15) is 12.4 Å². The Morgan fingerprint density at radius 1 is 1.29 bits per heavy atom. The van der Waals surface area contributed by atoms with Crippen LogP contribution in [0.15, 0.2) is 12.3 Å². The summed E-state index contributed by atoms with van der Waals surface area (Å²) in [5.74, 6) is 0.0245. The maximum Gasteiger partial charge on any atom is 0.417 e. The number of carbonyl (C=O) groups excluding carboxylic acids is 2. The van der Waals surface area contributed by atoms with Crippen LogP contribution in [0.25, 0.3) is 0 Å². The van der Waals surface area contributed by atoms with E-state index in [4.69, 9.17) is 16.3 Å². The number of hydrogen-bond donors (Lipinski definition) is 0. The van der Waals surface area contributed by atoms with Crippen LogP contribution in [-0.4, -0.2) is 73.2 Å². The first-order valence-corrected chi connectivity index (χ1v) is 9.14. The number of likely N-dealkylation sites (N-methyl/N-ethyl adjacent to an activating group) is 1. The molecule has 2 amide bonds. The van der Waals surface area contributed by atoms with Gasteiger partial charge in [0.25, 0.3) is 0 Å². The topological polar surface area (TPSA) is 66.0 Å². The van der Waals surface area contributed by atoms with Gasteiger partial charge < -0.3 is 19.4 Å². The summed E-state index contributed by atoms with van der Waals surface area (Å²) in [6.07, 6.45) is -3.74. The zero-order valence-corrected chi connectivity index (χ0v) is 16.4. The van der Waals surface area contributed by atoms with Crippen LogP contribution in [0.5, 0.6) is 0 Å². The molecule has 0 spiro atoms. The van der Waals surface area contributed by atoms with E-state index in [2.05, 4.69) is 4.98 Å². The van der Waals surface area contributed by atoms with Crippen molar-refractivity contribution < 1.29 is 27.5 Å². The normalized spacial score (nSPS) is 15.2. The van der Waals surface area contributed by atoms with E-state index in [1.54, 1.807) is 16.7 Å². The Balaban J connectivity index is 1.99. The minimum Gasteiger partial charge on any atom is -0.450 e. The second-order valence-corrected chi connectivity index (χ2v) is 6.71. The first-order valence-electron chi connectivity index (χ1n) is 8.76. The van der Waals surface area contributed by atoms with Crippen molar-refractivity contribution >= 4 is 29.4 Å². The van der Waals surface area contributed by atoms with Crippen LogP contribution in [0.3, 0.4) is 0 Å². The number of carbonyl (C=O) groups is 2. The molecule has 156 valence electrons. The van der Waals surface area contributed by atoms with Gasteiger partial charge in [-0.1, -0.05) is 11.6 Å². The molecule has 1 aromatic heterocycles. The minimum atomic E-state index is -4.51. The van der Waals surface area contributed by atoms with Gasteiger partial charge in [-0.05, 0) is 19.4 Å². The van der Waals surface area contributed by atoms with E-state index in [1.165, 1.54) is 11.9 Å². The van der Waals surface area contributed by atoms with E-state index in [1.807, 2.05) is 0 Å². The Morgan fingerprint density at radius 2 is 2.00 bits per heavy atom. The Labute approximate surface area is 166 Å². The fourth-order valence-electron chi connectivity index (χ4n) is 2.80. The highest BCUT2D eigenvalue weighted by atomic mass is 35.5. The van der Waals surface area contributed by atoms with E-state index in [0.717, 1.165) is 12.3 Å². The second kappa shape index (κ2) is 9.31. The van der Waals surface area contributed by atoms with Crippen molar-refractivity contribution in [3.63, 3.8) is 0 Å². The predicted octanol–water partition coefficient (Wildman–Crippen LogP) is 2.88. The fraction of sp³-hybridized carbons (Fsp3) is 0.588. The zero-order valence-electron chi connectivity index (χ0n) is 15.6. The Morgan fingerprint density at radius 3 is 2.61 bits per heavy atom. The lowest BCUT2D eigenvalue weighted by atomic mass is 10.2. The molecule has 7 nitrogen and oxygen atoms in total. The third-order valence-electron chi connectivity index (χ3n) is 4.25. The highest BCUT2D eigenvalue weighted by Gasteiger charge is 2.32. The number of halogens is 4. The van der Waals surface area contributed by atoms with Gasteiger partial charge in [-0.15, -0.1) is 0 Å². The molecule has 0 aliphatic carbocycles. The van der Waals surface area contributed by atoms with E-state index in [-0.39, 0.29) is 29.9 Å². The summed E-state index contributed by atoms with van der Waals surface area (Å²) in [6, 6.07) is 0.853. The van der Waals surface area contributed by atoms with Crippen molar-refractivity contribution in [2.45, 2.75) is 19.5 Å². The number of anilines is 1. The van der Waals surface area contributed by atoms with Crippen LogP contribution in [0.2, 0.25) is 5.02 Å². The summed E-state index contributed by atoms with van der Waals surface area (Å²) in [5, 5.41) is -0.0864. The van der Waals surface area contributed by atoms with Crippen molar-refractivity contribution in [2.24, 2.45) is 0 Å². The van der Waals surface area contributed by atoms with Gasteiger partial charge in [-0.25, -0.2) is 9.78 Å². The summed E-state index contributed by atoms with van der Waals surface area (Å²) < 4.78 is 43.1. The van der Waals surface area contributed by atoms with E-state index < -0.39 is 17.8 Å². The monoisotopic (exact) mass is 422 g/mol. The van der Waals surface area contributed by atoms with Gasteiger partial charge >= 0.3 is 12.3 Å². The molecule has 28 heavy (non-hydrogen) atoms. The zero-order chi connectivity index (χ0) is 20.9. The SMILES string of the molecule is CCOC(=O)N(C)CC(=O)N1CCCN(c2ncc(C(F)(F)F)cc2Cl)CC1. The van der Waals surface area contributed by atoms with Crippen LogP contribution in [-0.2, 0) is 15.7 Å². The summed E-state index contributed by atoms with van der Waals surface area (Å²) in [5.41, 5.74) is -0.908. The van der Waals surface area contributed by atoms with E-state index >= 15 is 0 Å². The quantitative estimate of drug-likeness (QED) is 0.746. The molecule has 11 heteroatoms. The van der Waals surface area contributed by atoms with Gasteiger partial charge in [-0.2, -0.15) is 13.2 Å². The molecule has 2 heterocycles. The number of hydrogen-bond acceptors (Lipinski definition) is 5. The van der Waals surface area contributed by atoms with Crippen LogP contribution in [0, 0.1) is 0 Å². The van der Waals surface area contributed by atoms with Gasteiger partial charge in [-0.3, -0.25) is 4.79 Å². The molecule has 1 saturated heterocycles. The highest BCUT2D eigenvalue weighted by Crippen LogP contribution is 2.33. The first-order chi connectivity index (χ1) is 13.1. The number of pyridine rings is 1. The largest absolute Gasteiger partial charge is 0.450 e. The third kappa shape index (κ3) is 5.63. The van der Waals surface area contributed by atoms with Crippen molar-refractivity contribution in [2.75, 3.05) is 51.3 Å². The minimum absolute atomic E-state index is 0.0864. The van der Waals surface area contributed by atoms with Crippen LogP contribution in [0.1, 0.15) is 18.9 Å². The van der Waals surface area contributed by atoms with Crippen molar-refractivity contribution in [1.82, 2.24) is 14.8 Å². The third-order valence-corrected chi connectivity index (χ3v) is 4.53. The molecule has 0 N–H and O–H groups in total. The molecular weight excluding hydrogens is 401 g/mol. The average molecular weight is 423 g/mol. The number of amides is 2. The maximum atomic E-state index is 12.8. The molecule has 1 aliphatic rings. The van der Waals surface area contributed by atoms with Gasteiger partial charge in [0.2, 0.25) is 5.91 Å². The number of nitrogens with zero attached hydrogens (tertiary/aromatic N) is 4. The molecule has 1 aromatic rings. The molecule has 2 rings (SSSR count).